The molecule has 2 aliphatic rings. The number of carbonyl (C=O) groups is 1. The van der Waals surface area contributed by atoms with Crippen molar-refractivity contribution >= 4 is 34.9 Å². The van der Waals surface area contributed by atoms with Crippen molar-refractivity contribution in [3.63, 3.8) is 0 Å². The van der Waals surface area contributed by atoms with Gasteiger partial charge in [0.2, 0.25) is 5.91 Å². The summed E-state index contributed by atoms with van der Waals surface area (Å²) in [5.41, 5.74) is 5.73. The van der Waals surface area contributed by atoms with E-state index >= 15 is 0 Å². The van der Waals surface area contributed by atoms with Gasteiger partial charge in [0.15, 0.2) is 0 Å². The molecule has 2 aliphatic heterocycles. The minimum Gasteiger partial charge on any atom is -0.392 e. The first-order chi connectivity index (χ1) is 7.70. The molecule has 0 spiro atoms. The van der Waals surface area contributed by atoms with Gasteiger partial charge < -0.3 is 10.6 Å². The Balaban J connectivity index is 2.04. The van der Waals surface area contributed by atoms with Gasteiger partial charge >= 0.3 is 0 Å². The van der Waals surface area contributed by atoms with Crippen LogP contribution >= 0.6 is 24.0 Å². The normalized spacial score (nSPS) is 30.4. The molecule has 0 aromatic rings. The zero-order valence-corrected chi connectivity index (χ0v) is 11.0. The first kappa shape index (κ1) is 12.2. The molecule has 16 heavy (non-hydrogen) atoms. The topological polar surface area (TPSA) is 46.3 Å². The van der Waals surface area contributed by atoms with Gasteiger partial charge in [-0.1, -0.05) is 12.2 Å². The number of hydrogen-bond acceptors (Lipinski definition) is 3. The molecule has 2 saturated heterocycles. The first-order valence-corrected chi connectivity index (χ1v) is 7.44. The molecule has 0 aliphatic carbocycles. The van der Waals surface area contributed by atoms with E-state index in [1.54, 1.807) is 0 Å². The zero-order chi connectivity index (χ0) is 11.5. The third-order valence-corrected chi connectivity index (χ3v) is 4.83. The van der Waals surface area contributed by atoms with E-state index in [1.165, 1.54) is 0 Å². The maximum absolute atomic E-state index is 12.3. The average molecular weight is 258 g/mol. The summed E-state index contributed by atoms with van der Waals surface area (Å²) in [6, 6.07) is 0.0156. The van der Waals surface area contributed by atoms with Crippen molar-refractivity contribution in [2.24, 2.45) is 11.7 Å². The summed E-state index contributed by atoms with van der Waals surface area (Å²) in [4.78, 5) is 14.7. The molecule has 0 radical (unpaired) electrons. The molecule has 0 aromatic carbocycles. The summed E-state index contributed by atoms with van der Waals surface area (Å²) in [6.07, 6.45) is 4.18. The summed E-state index contributed by atoms with van der Waals surface area (Å²) >= 11 is 6.94. The van der Waals surface area contributed by atoms with Crippen LogP contribution in [0.1, 0.15) is 25.7 Å². The van der Waals surface area contributed by atoms with E-state index in [-0.39, 0.29) is 17.9 Å². The molecule has 0 aromatic heterocycles. The van der Waals surface area contributed by atoms with Crippen LogP contribution in [0.15, 0.2) is 0 Å². The lowest BCUT2D eigenvalue weighted by molar-refractivity contribution is -0.136. The number of hydrogen-bond donors (Lipinski definition) is 1. The first-order valence-electron chi connectivity index (χ1n) is 5.87. The Kier molecular flexibility index (Phi) is 4.08. The fourth-order valence-corrected chi connectivity index (χ4v) is 3.91. The predicted octanol–water partition coefficient (Wildman–Crippen LogP) is 1.41. The molecule has 2 fully saturated rings. The molecule has 5 heteroatoms. The maximum Gasteiger partial charge on any atom is 0.227 e. The highest BCUT2D eigenvalue weighted by Crippen LogP contribution is 2.28. The summed E-state index contributed by atoms with van der Waals surface area (Å²) in [5, 5.41) is 0. The van der Waals surface area contributed by atoms with Crippen LogP contribution in [0, 0.1) is 5.92 Å². The van der Waals surface area contributed by atoms with Gasteiger partial charge in [-0.3, -0.25) is 4.79 Å². The molecule has 0 saturated carbocycles. The second-order valence-corrected chi connectivity index (χ2v) is 6.13. The number of thiocarbonyl (C=S) groups is 1. The Morgan fingerprint density at radius 2 is 2.19 bits per heavy atom. The quantitative estimate of drug-likeness (QED) is 0.761. The van der Waals surface area contributed by atoms with Crippen LogP contribution in [-0.4, -0.2) is 39.9 Å². The van der Waals surface area contributed by atoms with Crippen LogP contribution in [0.2, 0.25) is 0 Å². The molecular weight excluding hydrogens is 240 g/mol. The van der Waals surface area contributed by atoms with Crippen molar-refractivity contribution in [2.45, 2.75) is 31.7 Å². The van der Waals surface area contributed by atoms with Crippen LogP contribution in [0.5, 0.6) is 0 Å². The molecule has 90 valence electrons. The van der Waals surface area contributed by atoms with Gasteiger partial charge in [0, 0.05) is 18.2 Å². The lowest BCUT2D eigenvalue weighted by Gasteiger charge is -2.36. The SMILES string of the molecule is NC(=S)C1CCCCN1C(=O)C1CCSC1. The number of thioether (sulfide) groups is 1. The van der Waals surface area contributed by atoms with Gasteiger partial charge in [0.1, 0.15) is 0 Å². The zero-order valence-electron chi connectivity index (χ0n) is 9.35. The van der Waals surface area contributed by atoms with Crippen LogP contribution in [0.3, 0.4) is 0 Å². The Morgan fingerprint density at radius 3 is 2.81 bits per heavy atom. The van der Waals surface area contributed by atoms with Crippen molar-refractivity contribution < 1.29 is 4.79 Å². The largest absolute Gasteiger partial charge is 0.392 e. The van der Waals surface area contributed by atoms with Gasteiger partial charge in [-0.05, 0) is 31.4 Å². The van der Waals surface area contributed by atoms with Crippen LogP contribution in [0.25, 0.3) is 0 Å². The standard InChI is InChI=1S/C11H18N2OS2/c12-10(15)9-3-1-2-5-13(9)11(14)8-4-6-16-7-8/h8-9H,1-7H2,(H2,12,15). The van der Waals surface area contributed by atoms with E-state index in [1.807, 2.05) is 16.7 Å². The van der Waals surface area contributed by atoms with Crippen molar-refractivity contribution in [2.75, 3.05) is 18.1 Å². The number of rotatable bonds is 2. The number of amides is 1. The monoisotopic (exact) mass is 258 g/mol. The number of likely N-dealkylation sites (tertiary alicyclic amines) is 1. The van der Waals surface area contributed by atoms with E-state index in [0.29, 0.717) is 4.99 Å². The van der Waals surface area contributed by atoms with E-state index in [9.17, 15) is 4.79 Å². The van der Waals surface area contributed by atoms with Gasteiger partial charge in [-0.2, -0.15) is 11.8 Å². The summed E-state index contributed by atoms with van der Waals surface area (Å²) in [5.74, 6) is 2.57. The third-order valence-electron chi connectivity index (χ3n) is 3.39. The average Bonchev–Trinajstić information content (AvgIpc) is 2.81. The van der Waals surface area contributed by atoms with Crippen LogP contribution in [-0.2, 0) is 4.79 Å². The number of nitrogens with zero attached hydrogens (tertiary/aromatic N) is 1. The minimum atomic E-state index is 0.0156. The summed E-state index contributed by atoms with van der Waals surface area (Å²) in [7, 11) is 0. The molecule has 2 heterocycles. The van der Waals surface area contributed by atoms with Crippen molar-refractivity contribution in [3.8, 4) is 0 Å². The van der Waals surface area contributed by atoms with Gasteiger partial charge in [-0.15, -0.1) is 0 Å². The molecule has 2 rings (SSSR count). The highest BCUT2D eigenvalue weighted by Gasteiger charge is 2.34. The molecule has 2 N–H and O–H groups in total. The number of piperidine rings is 1. The minimum absolute atomic E-state index is 0.0156. The fourth-order valence-electron chi connectivity index (χ4n) is 2.45. The van der Waals surface area contributed by atoms with Crippen molar-refractivity contribution in [1.29, 1.82) is 0 Å². The van der Waals surface area contributed by atoms with E-state index in [0.717, 1.165) is 43.7 Å². The number of nitrogens with two attached hydrogens (primary N) is 1. The molecular formula is C11H18N2OS2. The summed E-state index contributed by atoms with van der Waals surface area (Å²) in [6.45, 7) is 0.835. The molecule has 0 bridgehead atoms. The van der Waals surface area contributed by atoms with E-state index < -0.39 is 0 Å². The Bertz CT molecular complexity index is 290. The summed E-state index contributed by atoms with van der Waals surface area (Å²) < 4.78 is 0. The highest BCUT2D eigenvalue weighted by atomic mass is 32.2. The molecule has 2 atom stereocenters. The lowest BCUT2D eigenvalue weighted by Crippen LogP contribution is -2.51. The van der Waals surface area contributed by atoms with E-state index in [2.05, 4.69) is 0 Å². The Hall–Kier alpha value is -0.290. The van der Waals surface area contributed by atoms with Gasteiger partial charge in [0.05, 0.1) is 11.0 Å². The van der Waals surface area contributed by atoms with Gasteiger partial charge in [0.25, 0.3) is 0 Å². The smallest absolute Gasteiger partial charge is 0.227 e. The second-order valence-electron chi connectivity index (χ2n) is 4.51. The van der Waals surface area contributed by atoms with E-state index in [4.69, 9.17) is 18.0 Å². The third kappa shape index (κ3) is 2.51. The van der Waals surface area contributed by atoms with Crippen LogP contribution in [0.4, 0.5) is 0 Å². The number of carbonyl (C=O) groups excluding carboxylic acids is 1. The van der Waals surface area contributed by atoms with Crippen LogP contribution < -0.4 is 5.73 Å². The maximum atomic E-state index is 12.3. The second kappa shape index (κ2) is 5.36. The predicted molar refractivity (Wildman–Crippen MR) is 71.6 cm³/mol. The highest BCUT2D eigenvalue weighted by molar-refractivity contribution is 7.99. The van der Waals surface area contributed by atoms with Gasteiger partial charge in [-0.25, -0.2) is 0 Å². The lowest BCUT2D eigenvalue weighted by atomic mass is 9.98. The van der Waals surface area contributed by atoms with Crippen molar-refractivity contribution in [3.05, 3.63) is 0 Å². The Morgan fingerprint density at radius 1 is 1.38 bits per heavy atom. The molecule has 3 nitrogen and oxygen atoms in total. The van der Waals surface area contributed by atoms with Crippen molar-refractivity contribution in [1.82, 2.24) is 4.90 Å². The molecule has 2 unspecified atom stereocenters. The molecule has 1 amide bonds. The Labute approximate surface area is 106 Å². The fraction of sp³-hybridized carbons (Fsp3) is 0.818.